The van der Waals surface area contributed by atoms with Gasteiger partial charge < -0.3 is 19.6 Å². The summed E-state index contributed by atoms with van der Waals surface area (Å²) >= 11 is 0. The minimum absolute atomic E-state index is 0.216. The molecule has 1 amide bonds. The maximum Gasteiger partial charge on any atom is 0.407 e. The number of hydrogen-bond donors (Lipinski definition) is 2. The molecule has 7 heteroatoms. The van der Waals surface area contributed by atoms with Gasteiger partial charge in [-0.2, -0.15) is 0 Å². The molecule has 0 bridgehead atoms. The van der Waals surface area contributed by atoms with Gasteiger partial charge in [-0.05, 0) is 35.7 Å². The molecule has 1 heterocycles. The summed E-state index contributed by atoms with van der Waals surface area (Å²) in [5, 5.41) is 12.2. The largest absolute Gasteiger partial charge is 0.477 e. The van der Waals surface area contributed by atoms with E-state index in [0.717, 1.165) is 11.1 Å². The van der Waals surface area contributed by atoms with E-state index in [1.165, 1.54) is 6.07 Å². The SMILES string of the molecule is O=C(NCCC=Cc1ccc2oc(=O)c(C(=O)O)cc2c1)OCc1ccccc1. The van der Waals surface area contributed by atoms with Crippen LogP contribution in [0.2, 0.25) is 0 Å². The second-order valence-corrected chi connectivity index (χ2v) is 6.23. The fraction of sp³-hybridized carbons (Fsp3) is 0.136. The molecule has 0 unspecified atom stereocenters. The number of carboxylic acid groups (broad SMARTS) is 1. The molecule has 1 aromatic heterocycles. The Morgan fingerprint density at radius 1 is 1.10 bits per heavy atom. The highest BCUT2D eigenvalue weighted by Crippen LogP contribution is 2.17. The normalized spacial score (nSPS) is 10.9. The first-order valence-corrected chi connectivity index (χ1v) is 8.95. The summed E-state index contributed by atoms with van der Waals surface area (Å²) in [6.45, 7) is 0.629. The van der Waals surface area contributed by atoms with Crippen molar-refractivity contribution in [2.45, 2.75) is 13.0 Å². The van der Waals surface area contributed by atoms with Crippen LogP contribution in [0.5, 0.6) is 0 Å². The van der Waals surface area contributed by atoms with E-state index in [1.807, 2.05) is 42.5 Å². The second kappa shape index (κ2) is 9.36. The van der Waals surface area contributed by atoms with Gasteiger partial charge in [0, 0.05) is 11.9 Å². The van der Waals surface area contributed by atoms with Gasteiger partial charge in [-0.25, -0.2) is 14.4 Å². The third-order valence-corrected chi connectivity index (χ3v) is 4.09. The summed E-state index contributed by atoms with van der Waals surface area (Å²) in [6.07, 6.45) is 3.81. The van der Waals surface area contributed by atoms with Crippen molar-refractivity contribution in [3.05, 3.63) is 87.8 Å². The van der Waals surface area contributed by atoms with Crippen molar-refractivity contribution in [2.24, 2.45) is 0 Å². The molecule has 0 atom stereocenters. The molecule has 0 aliphatic heterocycles. The van der Waals surface area contributed by atoms with Crippen LogP contribution in [-0.2, 0) is 11.3 Å². The Kier molecular flexibility index (Phi) is 6.42. The van der Waals surface area contributed by atoms with E-state index in [9.17, 15) is 14.4 Å². The Balaban J connectivity index is 1.50. The molecule has 148 valence electrons. The van der Waals surface area contributed by atoms with Crippen molar-refractivity contribution in [2.75, 3.05) is 6.54 Å². The number of carboxylic acids is 1. The zero-order valence-electron chi connectivity index (χ0n) is 15.5. The van der Waals surface area contributed by atoms with Gasteiger partial charge in [0.2, 0.25) is 0 Å². The van der Waals surface area contributed by atoms with Gasteiger partial charge in [0.15, 0.2) is 0 Å². The van der Waals surface area contributed by atoms with Crippen LogP contribution in [0.15, 0.2) is 69.9 Å². The van der Waals surface area contributed by atoms with Crippen LogP contribution < -0.4 is 10.9 Å². The lowest BCUT2D eigenvalue weighted by atomic mass is 10.1. The van der Waals surface area contributed by atoms with Gasteiger partial charge >= 0.3 is 17.7 Å². The van der Waals surface area contributed by atoms with Crippen LogP contribution in [0.4, 0.5) is 4.79 Å². The monoisotopic (exact) mass is 393 g/mol. The van der Waals surface area contributed by atoms with E-state index in [-0.39, 0.29) is 6.61 Å². The number of nitrogens with one attached hydrogen (secondary N) is 1. The van der Waals surface area contributed by atoms with E-state index in [1.54, 1.807) is 18.2 Å². The third kappa shape index (κ3) is 5.55. The molecule has 0 saturated carbocycles. The van der Waals surface area contributed by atoms with Gasteiger partial charge in [-0.15, -0.1) is 0 Å². The number of aromatic carboxylic acids is 1. The molecular formula is C22H19NO6. The van der Waals surface area contributed by atoms with Gasteiger partial charge in [-0.1, -0.05) is 48.6 Å². The molecule has 3 rings (SSSR count). The molecule has 0 spiro atoms. The Morgan fingerprint density at radius 3 is 2.66 bits per heavy atom. The van der Waals surface area contributed by atoms with Crippen molar-refractivity contribution < 1.29 is 23.8 Å². The lowest BCUT2D eigenvalue weighted by molar-refractivity contribution is 0.0692. The Bertz CT molecular complexity index is 1100. The fourth-order valence-corrected chi connectivity index (χ4v) is 2.65. The van der Waals surface area contributed by atoms with Crippen molar-refractivity contribution >= 4 is 29.1 Å². The Morgan fingerprint density at radius 2 is 1.90 bits per heavy atom. The summed E-state index contributed by atoms with van der Waals surface area (Å²) in [7, 11) is 0. The van der Waals surface area contributed by atoms with E-state index in [2.05, 4.69) is 5.32 Å². The number of carbonyl (C=O) groups excluding carboxylic acids is 1. The predicted molar refractivity (Wildman–Crippen MR) is 108 cm³/mol. The van der Waals surface area contributed by atoms with E-state index in [0.29, 0.717) is 23.9 Å². The molecule has 2 aromatic carbocycles. The van der Waals surface area contributed by atoms with E-state index in [4.69, 9.17) is 14.3 Å². The number of carbonyl (C=O) groups is 2. The minimum Gasteiger partial charge on any atom is -0.477 e. The average Bonchev–Trinajstić information content (AvgIpc) is 2.72. The molecule has 7 nitrogen and oxygen atoms in total. The molecular weight excluding hydrogens is 374 g/mol. The molecule has 0 saturated heterocycles. The zero-order chi connectivity index (χ0) is 20.6. The van der Waals surface area contributed by atoms with Crippen LogP contribution in [0.3, 0.4) is 0 Å². The maximum atomic E-state index is 11.7. The summed E-state index contributed by atoms with van der Waals surface area (Å²) in [4.78, 5) is 34.3. The van der Waals surface area contributed by atoms with Crippen molar-refractivity contribution in [1.82, 2.24) is 5.32 Å². The number of hydrogen-bond acceptors (Lipinski definition) is 5. The number of fused-ring (bicyclic) bond motifs is 1. The summed E-state index contributed by atoms with van der Waals surface area (Å²) < 4.78 is 10.1. The molecule has 29 heavy (non-hydrogen) atoms. The first-order valence-electron chi connectivity index (χ1n) is 8.95. The lowest BCUT2D eigenvalue weighted by Crippen LogP contribution is -2.24. The van der Waals surface area contributed by atoms with Gasteiger partial charge in [0.25, 0.3) is 0 Å². The van der Waals surface area contributed by atoms with Crippen LogP contribution in [0.1, 0.15) is 27.9 Å². The lowest BCUT2D eigenvalue weighted by Gasteiger charge is -2.06. The zero-order valence-corrected chi connectivity index (χ0v) is 15.5. The number of benzene rings is 2. The molecule has 3 aromatic rings. The molecule has 0 aliphatic carbocycles. The highest BCUT2D eigenvalue weighted by atomic mass is 16.5. The Labute approximate surface area is 166 Å². The number of amides is 1. The maximum absolute atomic E-state index is 11.7. The number of alkyl carbamates (subject to hydrolysis) is 1. The number of rotatable bonds is 7. The predicted octanol–water partition coefficient (Wildman–Crippen LogP) is 3.82. The average molecular weight is 393 g/mol. The molecule has 0 radical (unpaired) electrons. The molecule has 0 aliphatic rings. The Hall–Kier alpha value is -3.87. The highest BCUT2D eigenvalue weighted by Gasteiger charge is 2.11. The highest BCUT2D eigenvalue weighted by molar-refractivity contribution is 5.92. The third-order valence-electron chi connectivity index (χ3n) is 4.09. The fourth-order valence-electron chi connectivity index (χ4n) is 2.65. The van der Waals surface area contributed by atoms with Crippen LogP contribution in [-0.4, -0.2) is 23.7 Å². The van der Waals surface area contributed by atoms with Crippen molar-refractivity contribution in [3.63, 3.8) is 0 Å². The first kappa shape index (κ1) is 19.9. The minimum atomic E-state index is -1.33. The topological polar surface area (TPSA) is 106 Å². The van der Waals surface area contributed by atoms with E-state index >= 15 is 0 Å². The second-order valence-electron chi connectivity index (χ2n) is 6.23. The van der Waals surface area contributed by atoms with Gasteiger partial charge in [0.1, 0.15) is 17.8 Å². The summed E-state index contributed by atoms with van der Waals surface area (Å²) in [5.41, 5.74) is 0.769. The van der Waals surface area contributed by atoms with Crippen LogP contribution in [0, 0.1) is 0 Å². The quantitative estimate of drug-likeness (QED) is 0.467. The summed E-state index contributed by atoms with van der Waals surface area (Å²) in [5.74, 6) is -1.33. The van der Waals surface area contributed by atoms with Crippen LogP contribution >= 0.6 is 0 Å². The smallest absolute Gasteiger partial charge is 0.407 e. The first-order chi connectivity index (χ1) is 14.0. The number of ether oxygens (including phenoxy) is 1. The van der Waals surface area contributed by atoms with Crippen molar-refractivity contribution in [1.29, 1.82) is 0 Å². The molecule has 0 fully saturated rings. The summed E-state index contributed by atoms with van der Waals surface area (Å²) in [6, 6.07) is 15.8. The van der Waals surface area contributed by atoms with Gasteiger partial charge in [0.05, 0.1) is 0 Å². The standard InChI is InChI=1S/C22H19NO6/c24-20(25)18-13-17-12-15(9-10-19(17)29-21(18)26)6-4-5-11-23-22(27)28-14-16-7-2-1-3-8-16/h1-4,6-10,12-13H,5,11,14H2,(H,23,27)(H,24,25). The van der Waals surface area contributed by atoms with Crippen LogP contribution in [0.25, 0.3) is 17.0 Å². The van der Waals surface area contributed by atoms with Gasteiger partial charge in [-0.3, -0.25) is 0 Å². The van der Waals surface area contributed by atoms with E-state index < -0.39 is 23.3 Å². The van der Waals surface area contributed by atoms with Crippen molar-refractivity contribution in [3.8, 4) is 0 Å². The molecule has 2 N–H and O–H groups in total.